The largest absolute Gasteiger partial charge is 0.496 e. The molecule has 1 N–H and O–H groups in total. The van der Waals surface area contributed by atoms with Gasteiger partial charge in [0.2, 0.25) is 0 Å². The van der Waals surface area contributed by atoms with Crippen molar-refractivity contribution >= 4 is 0 Å². The zero-order chi connectivity index (χ0) is 12.3. The topological polar surface area (TPSA) is 38.7 Å². The monoisotopic (exact) mass is 224 g/mol. The van der Waals surface area contributed by atoms with E-state index in [1.807, 2.05) is 26.0 Å². The van der Waals surface area contributed by atoms with E-state index < -0.39 is 5.60 Å². The molecular formula is C13H20O3. The number of hydrogen-bond donors (Lipinski definition) is 1. The Balaban J connectivity index is 3.28. The van der Waals surface area contributed by atoms with E-state index in [9.17, 15) is 5.11 Å². The van der Waals surface area contributed by atoms with Gasteiger partial charge in [-0.25, -0.2) is 0 Å². The molecule has 0 spiro atoms. The van der Waals surface area contributed by atoms with Crippen LogP contribution in [0.1, 0.15) is 23.6 Å². The molecule has 1 aromatic carbocycles. The lowest BCUT2D eigenvalue weighted by atomic mass is 9.92. The van der Waals surface area contributed by atoms with Crippen LogP contribution >= 0.6 is 0 Å². The van der Waals surface area contributed by atoms with Gasteiger partial charge in [0, 0.05) is 12.7 Å². The Morgan fingerprint density at radius 1 is 1.25 bits per heavy atom. The van der Waals surface area contributed by atoms with Gasteiger partial charge in [-0.3, -0.25) is 0 Å². The van der Waals surface area contributed by atoms with Crippen LogP contribution in [0.15, 0.2) is 12.1 Å². The molecule has 0 saturated heterocycles. The molecule has 90 valence electrons. The van der Waals surface area contributed by atoms with Crippen LogP contribution in [0.5, 0.6) is 5.75 Å². The first kappa shape index (κ1) is 13.0. The summed E-state index contributed by atoms with van der Waals surface area (Å²) in [4.78, 5) is 0. The summed E-state index contributed by atoms with van der Waals surface area (Å²) in [5, 5.41) is 10.3. The van der Waals surface area contributed by atoms with E-state index in [2.05, 4.69) is 0 Å². The number of aryl methyl sites for hydroxylation is 1. The molecule has 0 bridgehead atoms. The third-order valence-corrected chi connectivity index (χ3v) is 2.89. The van der Waals surface area contributed by atoms with E-state index in [4.69, 9.17) is 9.47 Å². The smallest absolute Gasteiger partial charge is 0.128 e. The summed E-state index contributed by atoms with van der Waals surface area (Å²) in [6, 6.07) is 3.87. The quantitative estimate of drug-likeness (QED) is 0.851. The third kappa shape index (κ3) is 2.36. The molecule has 16 heavy (non-hydrogen) atoms. The molecule has 0 amide bonds. The van der Waals surface area contributed by atoms with Crippen LogP contribution in [0.2, 0.25) is 0 Å². The maximum Gasteiger partial charge on any atom is 0.128 e. The summed E-state index contributed by atoms with van der Waals surface area (Å²) in [7, 11) is 3.19. The number of aliphatic hydroxyl groups is 1. The second-order valence-corrected chi connectivity index (χ2v) is 4.30. The molecule has 3 nitrogen and oxygen atoms in total. The van der Waals surface area contributed by atoms with Gasteiger partial charge in [0.25, 0.3) is 0 Å². The zero-order valence-corrected chi connectivity index (χ0v) is 10.6. The van der Waals surface area contributed by atoms with Crippen molar-refractivity contribution in [3.63, 3.8) is 0 Å². The van der Waals surface area contributed by atoms with E-state index in [1.54, 1.807) is 21.1 Å². The summed E-state index contributed by atoms with van der Waals surface area (Å²) >= 11 is 0. The van der Waals surface area contributed by atoms with E-state index in [-0.39, 0.29) is 6.61 Å². The van der Waals surface area contributed by atoms with Crippen LogP contribution in [0.4, 0.5) is 0 Å². The number of benzene rings is 1. The zero-order valence-electron chi connectivity index (χ0n) is 10.6. The third-order valence-electron chi connectivity index (χ3n) is 2.89. The Hall–Kier alpha value is -1.06. The molecule has 0 radical (unpaired) electrons. The van der Waals surface area contributed by atoms with Crippen molar-refractivity contribution < 1.29 is 14.6 Å². The minimum absolute atomic E-state index is 0.242. The number of ether oxygens (including phenoxy) is 2. The highest BCUT2D eigenvalue weighted by Gasteiger charge is 2.27. The van der Waals surface area contributed by atoms with Crippen LogP contribution in [-0.2, 0) is 10.3 Å². The van der Waals surface area contributed by atoms with Crippen LogP contribution in [-0.4, -0.2) is 25.9 Å². The standard InChI is InChI=1S/C13H20O3/c1-9-6-7-11(12(16-5)10(9)2)13(3,14)8-15-4/h6-7,14H,8H2,1-5H3. The van der Waals surface area contributed by atoms with Gasteiger partial charge in [0.05, 0.1) is 13.7 Å². The second-order valence-electron chi connectivity index (χ2n) is 4.30. The molecule has 3 heteroatoms. The first-order valence-corrected chi connectivity index (χ1v) is 5.30. The van der Waals surface area contributed by atoms with Crippen molar-refractivity contribution in [3.05, 3.63) is 28.8 Å². The summed E-state index contributed by atoms with van der Waals surface area (Å²) < 4.78 is 10.4. The van der Waals surface area contributed by atoms with Crippen molar-refractivity contribution in [2.24, 2.45) is 0 Å². The first-order valence-electron chi connectivity index (χ1n) is 5.30. The van der Waals surface area contributed by atoms with Crippen molar-refractivity contribution in [2.75, 3.05) is 20.8 Å². The molecule has 1 atom stereocenters. The van der Waals surface area contributed by atoms with Gasteiger partial charge in [0.1, 0.15) is 11.4 Å². The average Bonchev–Trinajstić information content (AvgIpc) is 2.21. The molecule has 0 aromatic heterocycles. The lowest BCUT2D eigenvalue weighted by molar-refractivity contribution is -0.0223. The number of methoxy groups -OCH3 is 2. The van der Waals surface area contributed by atoms with Crippen LogP contribution in [0.25, 0.3) is 0 Å². The van der Waals surface area contributed by atoms with Crippen molar-refractivity contribution in [2.45, 2.75) is 26.4 Å². The fraction of sp³-hybridized carbons (Fsp3) is 0.538. The summed E-state index contributed by atoms with van der Waals surface area (Å²) in [6.45, 7) is 5.97. The molecule has 1 aromatic rings. The molecule has 1 rings (SSSR count). The second kappa shape index (κ2) is 4.85. The SMILES string of the molecule is COCC(C)(O)c1ccc(C)c(C)c1OC. The molecular weight excluding hydrogens is 204 g/mol. The van der Waals surface area contributed by atoms with Gasteiger partial charge in [-0.1, -0.05) is 12.1 Å². The van der Waals surface area contributed by atoms with Crippen molar-refractivity contribution in [1.82, 2.24) is 0 Å². The number of rotatable bonds is 4. The lowest BCUT2D eigenvalue weighted by Gasteiger charge is -2.26. The van der Waals surface area contributed by atoms with E-state index in [1.165, 1.54) is 0 Å². The highest BCUT2D eigenvalue weighted by Crippen LogP contribution is 2.34. The van der Waals surface area contributed by atoms with Gasteiger partial charge >= 0.3 is 0 Å². The lowest BCUT2D eigenvalue weighted by Crippen LogP contribution is -2.28. The predicted octanol–water partition coefficient (Wildman–Crippen LogP) is 2.17. The van der Waals surface area contributed by atoms with Crippen LogP contribution in [0.3, 0.4) is 0 Å². The summed E-state index contributed by atoms with van der Waals surface area (Å²) in [5.74, 6) is 0.738. The van der Waals surface area contributed by atoms with Gasteiger partial charge in [-0.15, -0.1) is 0 Å². The van der Waals surface area contributed by atoms with E-state index >= 15 is 0 Å². The van der Waals surface area contributed by atoms with Crippen molar-refractivity contribution in [1.29, 1.82) is 0 Å². The maximum absolute atomic E-state index is 10.3. The van der Waals surface area contributed by atoms with E-state index in [0.717, 1.165) is 22.4 Å². The minimum atomic E-state index is -1.03. The normalized spacial score (nSPS) is 14.6. The molecule has 0 saturated carbocycles. The Bertz CT molecular complexity index is 370. The fourth-order valence-electron chi connectivity index (χ4n) is 1.84. The van der Waals surface area contributed by atoms with Gasteiger partial charge in [-0.2, -0.15) is 0 Å². The molecule has 1 unspecified atom stereocenters. The molecule has 0 fully saturated rings. The highest BCUT2D eigenvalue weighted by atomic mass is 16.5. The van der Waals surface area contributed by atoms with Crippen molar-refractivity contribution in [3.8, 4) is 5.75 Å². The molecule has 0 aliphatic carbocycles. The molecule has 0 heterocycles. The average molecular weight is 224 g/mol. The maximum atomic E-state index is 10.3. The summed E-state index contributed by atoms with van der Waals surface area (Å²) in [5.41, 5.74) is 1.93. The van der Waals surface area contributed by atoms with Gasteiger partial charge in [-0.05, 0) is 31.9 Å². The molecule has 0 aliphatic heterocycles. The van der Waals surface area contributed by atoms with Gasteiger partial charge in [0.15, 0.2) is 0 Å². The Labute approximate surface area is 97.0 Å². The summed E-state index contributed by atoms with van der Waals surface area (Å²) in [6.07, 6.45) is 0. The van der Waals surface area contributed by atoms with Crippen LogP contribution < -0.4 is 4.74 Å². The Morgan fingerprint density at radius 2 is 1.88 bits per heavy atom. The highest BCUT2D eigenvalue weighted by molar-refractivity contribution is 5.47. The number of hydrogen-bond acceptors (Lipinski definition) is 3. The fourth-order valence-corrected chi connectivity index (χ4v) is 1.84. The van der Waals surface area contributed by atoms with E-state index in [0.29, 0.717) is 0 Å². The first-order chi connectivity index (χ1) is 7.44. The minimum Gasteiger partial charge on any atom is -0.496 e. The van der Waals surface area contributed by atoms with Crippen LogP contribution in [0, 0.1) is 13.8 Å². The molecule has 0 aliphatic rings. The Morgan fingerprint density at radius 3 is 2.38 bits per heavy atom. The van der Waals surface area contributed by atoms with Gasteiger partial charge < -0.3 is 14.6 Å². The Kier molecular flexibility index (Phi) is 3.94. The predicted molar refractivity (Wildman–Crippen MR) is 63.9 cm³/mol.